The number of carbonyl (C=O) groups is 2. The molecule has 0 spiro atoms. The first-order chi connectivity index (χ1) is 19.4. The number of aliphatic hydroxyl groups is 1. The fourth-order valence-corrected chi connectivity index (χ4v) is 11.0. The van der Waals surface area contributed by atoms with Gasteiger partial charge in [-0.2, -0.15) is 0 Å². The van der Waals surface area contributed by atoms with Crippen LogP contribution in [0.5, 0.6) is 11.5 Å². The Morgan fingerprint density at radius 1 is 1.05 bits per heavy atom. The molecule has 10 atom stereocenters. The van der Waals surface area contributed by atoms with Crippen LogP contribution in [-0.2, 0) is 9.59 Å². The van der Waals surface area contributed by atoms with Crippen LogP contribution in [0.1, 0.15) is 100.0 Å². The monoisotopic (exact) mass is 574 g/mol. The van der Waals surface area contributed by atoms with Gasteiger partial charge in [-0.1, -0.05) is 71.8 Å². The lowest BCUT2D eigenvalue weighted by molar-refractivity contribution is -0.157. The third-order valence-corrected chi connectivity index (χ3v) is 12.7. The molecule has 228 valence electrons. The number of carbonyl (C=O) groups excluding carboxylic acids is 2. The van der Waals surface area contributed by atoms with Gasteiger partial charge in [-0.05, 0) is 103 Å². The Morgan fingerprint density at radius 2 is 1.71 bits per heavy atom. The summed E-state index contributed by atoms with van der Waals surface area (Å²) in [6.45, 7) is 21.8. The Balaban J connectivity index is 1.52. The fourth-order valence-electron chi connectivity index (χ4n) is 11.0. The number of Topliss-reactive ketones (excluding diaryl/α,β-unsaturated/α-hetero) is 2. The number of benzene rings is 1. The van der Waals surface area contributed by atoms with E-state index in [1.165, 1.54) is 11.1 Å². The highest BCUT2D eigenvalue weighted by atomic mass is 16.7. The van der Waals surface area contributed by atoms with Gasteiger partial charge in [0.05, 0.1) is 17.4 Å². The van der Waals surface area contributed by atoms with E-state index in [4.69, 9.17) is 9.47 Å². The number of ether oxygens (including phenoxy) is 2. The smallest absolute Gasteiger partial charge is 0.231 e. The molecule has 5 nitrogen and oxygen atoms in total. The first-order valence-corrected chi connectivity index (χ1v) is 16.0. The number of rotatable bonds is 2. The molecule has 0 radical (unpaired) electrons. The van der Waals surface area contributed by atoms with Crippen molar-refractivity contribution in [2.24, 2.45) is 51.2 Å². The summed E-state index contributed by atoms with van der Waals surface area (Å²) in [5, 5.41) is 12.6. The Morgan fingerprint density at radius 3 is 2.36 bits per heavy atom. The predicted molar refractivity (Wildman–Crippen MR) is 164 cm³/mol. The van der Waals surface area contributed by atoms with E-state index in [-0.39, 0.29) is 64.2 Å². The predicted octanol–water partition coefficient (Wildman–Crippen LogP) is 7.67. The minimum Gasteiger partial charge on any atom is -0.454 e. The number of fused-ring (bicyclic) bond motifs is 4. The van der Waals surface area contributed by atoms with Crippen LogP contribution in [0, 0.1) is 51.2 Å². The molecule has 0 bridgehead atoms. The van der Waals surface area contributed by atoms with E-state index in [1.54, 1.807) is 6.92 Å². The number of hydrogen-bond acceptors (Lipinski definition) is 5. The highest BCUT2D eigenvalue weighted by Gasteiger charge is 2.66. The Labute approximate surface area is 252 Å². The van der Waals surface area contributed by atoms with Crippen LogP contribution in [0.3, 0.4) is 0 Å². The summed E-state index contributed by atoms with van der Waals surface area (Å²) < 4.78 is 11.4. The van der Waals surface area contributed by atoms with Crippen molar-refractivity contribution >= 4 is 11.6 Å². The van der Waals surface area contributed by atoms with E-state index in [9.17, 15) is 14.7 Å². The third-order valence-electron chi connectivity index (χ3n) is 12.7. The molecular weight excluding hydrogens is 524 g/mol. The van der Waals surface area contributed by atoms with Crippen molar-refractivity contribution in [3.63, 3.8) is 0 Å². The molecule has 4 aliphatic carbocycles. The lowest BCUT2D eigenvalue weighted by Crippen LogP contribution is -2.62. The van der Waals surface area contributed by atoms with Crippen LogP contribution in [0.2, 0.25) is 0 Å². The topological polar surface area (TPSA) is 72.8 Å². The molecule has 6 rings (SSSR count). The molecule has 0 amide bonds. The number of hydrogen-bond donors (Lipinski definition) is 1. The van der Waals surface area contributed by atoms with E-state index in [2.05, 4.69) is 80.5 Å². The van der Waals surface area contributed by atoms with Gasteiger partial charge in [0, 0.05) is 5.92 Å². The maximum Gasteiger partial charge on any atom is 0.231 e. The zero-order valence-corrected chi connectivity index (χ0v) is 27.3. The van der Waals surface area contributed by atoms with E-state index >= 15 is 0 Å². The van der Waals surface area contributed by atoms with E-state index in [0.717, 1.165) is 41.9 Å². The second-order valence-corrected chi connectivity index (χ2v) is 16.3. The summed E-state index contributed by atoms with van der Waals surface area (Å²) in [7, 11) is 0. The highest BCUT2D eigenvalue weighted by Crippen LogP contribution is 2.70. The number of allylic oxidation sites excluding steroid dienone is 3. The quantitative estimate of drug-likeness (QED) is 0.290. The summed E-state index contributed by atoms with van der Waals surface area (Å²) in [6.07, 6.45) is 4.46. The van der Waals surface area contributed by atoms with Gasteiger partial charge in [0.2, 0.25) is 6.79 Å². The van der Waals surface area contributed by atoms with Gasteiger partial charge in [0.25, 0.3) is 0 Å². The summed E-state index contributed by atoms with van der Waals surface area (Å²) in [4.78, 5) is 27.1. The average molecular weight is 575 g/mol. The minimum atomic E-state index is -0.768. The Kier molecular flexibility index (Phi) is 6.57. The molecule has 42 heavy (non-hydrogen) atoms. The van der Waals surface area contributed by atoms with Crippen LogP contribution in [0.15, 0.2) is 41.0 Å². The van der Waals surface area contributed by atoms with E-state index in [1.807, 2.05) is 6.07 Å². The molecule has 1 aromatic rings. The fraction of sp³-hybridized carbons (Fsp3) is 0.676. The lowest BCUT2D eigenvalue weighted by Gasteiger charge is -2.65. The van der Waals surface area contributed by atoms with Gasteiger partial charge >= 0.3 is 0 Å². The summed E-state index contributed by atoms with van der Waals surface area (Å²) in [6, 6.07) is 6.35. The summed E-state index contributed by atoms with van der Waals surface area (Å²) in [5.41, 5.74) is 3.32. The molecule has 7 unspecified atom stereocenters. The molecule has 0 aromatic heterocycles. The van der Waals surface area contributed by atoms with Gasteiger partial charge in [0.1, 0.15) is 5.78 Å². The standard InChI is InChI=1S/C37H50O5/c1-19-15-36(9)17-35(8)16-25-24(23-11-12-27-28(13-23)42-18-41-27)14-26(34(5,6)7)20(2)30(25)32(39)31(35)21(3)37(36,10)33(40)29(19)22(4)38/h11-14,19-20,24-25,29-30,32,39H,15-18H2,1-10H3/t19?,20?,24?,25?,29?,30?,32?,35-,36+,37+/m0/s1. The molecule has 5 heteroatoms. The zero-order valence-electron chi connectivity index (χ0n) is 27.3. The number of ketones is 2. The van der Waals surface area contributed by atoms with Crippen molar-refractivity contribution in [1.29, 1.82) is 0 Å². The van der Waals surface area contributed by atoms with Crippen LogP contribution in [0.25, 0.3) is 0 Å². The Hall–Kier alpha value is -2.40. The SMILES string of the molecule is CC(=O)C1C(=O)[C@@]2(C)C(C)=C3C(O)C4C(C)C(C(C)(C)C)=CC(c5ccc6c(c5)OCO6)C4C[C@@]3(C)C[C@@]2(C)CC1C. The molecule has 2 saturated carbocycles. The van der Waals surface area contributed by atoms with Gasteiger partial charge in [-0.3, -0.25) is 9.59 Å². The zero-order chi connectivity index (χ0) is 30.7. The largest absolute Gasteiger partial charge is 0.454 e. The highest BCUT2D eigenvalue weighted by molar-refractivity contribution is 6.06. The number of aliphatic hydroxyl groups excluding tert-OH is 1. The normalized spacial score (nSPS) is 42.9. The minimum absolute atomic E-state index is 0.0145. The molecule has 0 saturated heterocycles. The average Bonchev–Trinajstić information content (AvgIpc) is 3.33. The third kappa shape index (κ3) is 3.90. The summed E-state index contributed by atoms with van der Waals surface area (Å²) in [5.74, 6) is 1.63. The van der Waals surface area contributed by atoms with Crippen molar-refractivity contribution < 1.29 is 24.2 Å². The second-order valence-electron chi connectivity index (χ2n) is 16.3. The van der Waals surface area contributed by atoms with Crippen LogP contribution >= 0.6 is 0 Å². The summed E-state index contributed by atoms with van der Waals surface area (Å²) >= 11 is 0. The van der Waals surface area contributed by atoms with E-state index in [0.29, 0.717) is 0 Å². The van der Waals surface area contributed by atoms with E-state index < -0.39 is 17.4 Å². The van der Waals surface area contributed by atoms with Crippen LogP contribution in [0.4, 0.5) is 0 Å². The van der Waals surface area contributed by atoms with Crippen LogP contribution < -0.4 is 9.47 Å². The first-order valence-electron chi connectivity index (χ1n) is 16.0. The molecule has 1 heterocycles. The molecule has 1 aromatic carbocycles. The van der Waals surface area contributed by atoms with Gasteiger partial charge in [-0.25, -0.2) is 0 Å². The molecule has 1 aliphatic heterocycles. The molecule has 2 fully saturated rings. The maximum absolute atomic E-state index is 14.3. The lowest BCUT2D eigenvalue weighted by atomic mass is 9.38. The van der Waals surface area contributed by atoms with Crippen molar-refractivity contribution in [3.05, 3.63) is 46.6 Å². The van der Waals surface area contributed by atoms with Crippen molar-refractivity contribution in [3.8, 4) is 11.5 Å². The van der Waals surface area contributed by atoms with Crippen molar-refractivity contribution in [1.82, 2.24) is 0 Å². The van der Waals surface area contributed by atoms with Gasteiger partial charge in [-0.15, -0.1) is 0 Å². The first kappa shape index (κ1) is 29.7. The molecule has 1 N–H and O–H groups in total. The second kappa shape index (κ2) is 9.30. The van der Waals surface area contributed by atoms with Crippen molar-refractivity contribution in [2.75, 3.05) is 6.79 Å². The van der Waals surface area contributed by atoms with Gasteiger partial charge < -0.3 is 14.6 Å². The van der Waals surface area contributed by atoms with Crippen LogP contribution in [-0.4, -0.2) is 29.6 Å². The molecule has 5 aliphatic rings. The van der Waals surface area contributed by atoms with Gasteiger partial charge in [0.15, 0.2) is 17.3 Å². The Bertz CT molecular complexity index is 1410. The van der Waals surface area contributed by atoms with Crippen molar-refractivity contribution in [2.45, 2.75) is 101 Å². The maximum atomic E-state index is 14.3. The molecular formula is C37H50O5.